The van der Waals surface area contributed by atoms with Gasteiger partial charge in [-0.1, -0.05) is 19.9 Å². The Morgan fingerprint density at radius 2 is 1.85 bits per heavy atom. The van der Waals surface area contributed by atoms with E-state index in [1.807, 2.05) is 0 Å². The largest absolute Gasteiger partial charge is 0.373 e. The van der Waals surface area contributed by atoms with Crippen molar-refractivity contribution in [1.82, 2.24) is 4.90 Å². The van der Waals surface area contributed by atoms with E-state index in [1.54, 1.807) is 5.70 Å². The number of nitrogens with zero attached hydrogens (tertiary/aromatic N) is 1. The minimum Gasteiger partial charge on any atom is -0.373 e. The lowest BCUT2D eigenvalue weighted by molar-refractivity contribution is 0.239. The van der Waals surface area contributed by atoms with E-state index in [0.29, 0.717) is 12.0 Å². The first kappa shape index (κ1) is 10.6. The first-order valence-corrected chi connectivity index (χ1v) is 5.58. The summed E-state index contributed by atoms with van der Waals surface area (Å²) in [5.41, 5.74) is 1.58. The zero-order chi connectivity index (χ0) is 9.84. The van der Waals surface area contributed by atoms with E-state index in [-0.39, 0.29) is 0 Å². The highest BCUT2D eigenvalue weighted by atomic mass is 15.2. The van der Waals surface area contributed by atoms with Crippen LogP contribution in [-0.4, -0.2) is 17.5 Å². The normalized spacial score (nSPS) is 22.0. The third kappa shape index (κ3) is 3.06. The molecule has 0 aromatic carbocycles. The van der Waals surface area contributed by atoms with Crippen LogP contribution in [-0.2, 0) is 0 Å². The molecule has 0 unspecified atom stereocenters. The molecule has 0 atom stereocenters. The highest BCUT2D eigenvalue weighted by Crippen LogP contribution is 2.23. The lowest BCUT2D eigenvalue weighted by Gasteiger charge is -2.35. The maximum Gasteiger partial charge on any atom is 0.0230 e. The molecule has 76 valence electrons. The van der Waals surface area contributed by atoms with Gasteiger partial charge in [-0.15, -0.1) is 0 Å². The molecule has 1 rings (SSSR count). The summed E-state index contributed by atoms with van der Waals surface area (Å²) in [7, 11) is 0. The van der Waals surface area contributed by atoms with E-state index in [0.717, 1.165) is 0 Å². The Morgan fingerprint density at radius 1 is 1.15 bits per heavy atom. The van der Waals surface area contributed by atoms with Crippen molar-refractivity contribution in [2.45, 2.75) is 53.0 Å². The minimum atomic E-state index is 0.672. The van der Waals surface area contributed by atoms with Crippen molar-refractivity contribution in [3.8, 4) is 0 Å². The summed E-state index contributed by atoms with van der Waals surface area (Å²) in [6, 6.07) is 0.672. The molecular weight excluding hydrogens is 158 g/mol. The van der Waals surface area contributed by atoms with Gasteiger partial charge in [-0.25, -0.2) is 0 Å². The second-order valence-corrected chi connectivity index (χ2v) is 4.65. The highest BCUT2D eigenvalue weighted by molar-refractivity contribution is 5.06. The lowest BCUT2D eigenvalue weighted by Crippen LogP contribution is -2.34. The fourth-order valence-corrected chi connectivity index (χ4v) is 2.03. The van der Waals surface area contributed by atoms with Gasteiger partial charge in [0.15, 0.2) is 0 Å². The van der Waals surface area contributed by atoms with Crippen LogP contribution in [0.4, 0.5) is 0 Å². The van der Waals surface area contributed by atoms with Crippen LogP contribution in [0, 0.1) is 5.92 Å². The Labute approximate surface area is 82.8 Å². The maximum absolute atomic E-state index is 2.56. The van der Waals surface area contributed by atoms with Crippen LogP contribution in [0.1, 0.15) is 47.0 Å². The molecule has 1 heteroatoms. The molecule has 0 aromatic rings. The molecule has 0 N–H and O–H groups in total. The van der Waals surface area contributed by atoms with Crippen molar-refractivity contribution in [1.29, 1.82) is 0 Å². The molecule has 1 aliphatic rings. The molecule has 0 aliphatic carbocycles. The van der Waals surface area contributed by atoms with Crippen LogP contribution in [0.15, 0.2) is 11.8 Å². The zero-order valence-electron chi connectivity index (χ0n) is 9.51. The average Bonchev–Trinajstić information content (AvgIpc) is 2.03. The topological polar surface area (TPSA) is 3.24 Å². The average molecular weight is 181 g/mol. The summed E-state index contributed by atoms with van der Waals surface area (Å²) in [6.07, 6.45) is 6.46. The maximum atomic E-state index is 2.56. The van der Waals surface area contributed by atoms with Gasteiger partial charge in [-0.2, -0.15) is 0 Å². The second kappa shape index (κ2) is 4.69. The fourth-order valence-electron chi connectivity index (χ4n) is 2.03. The number of hydrogen-bond donors (Lipinski definition) is 0. The molecule has 0 saturated carbocycles. The predicted molar refractivity (Wildman–Crippen MR) is 58.6 cm³/mol. The number of hydrogen-bond acceptors (Lipinski definition) is 1. The van der Waals surface area contributed by atoms with Crippen molar-refractivity contribution in [2.24, 2.45) is 5.92 Å². The smallest absolute Gasteiger partial charge is 0.0230 e. The van der Waals surface area contributed by atoms with Crippen molar-refractivity contribution in [3.63, 3.8) is 0 Å². The van der Waals surface area contributed by atoms with Crippen LogP contribution in [0.2, 0.25) is 0 Å². The van der Waals surface area contributed by atoms with Crippen LogP contribution in [0.25, 0.3) is 0 Å². The minimum absolute atomic E-state index is 0.672. The fraction of sp³-hybridized carbons (Fsp3) is 0.833. The molecule has 0 radical (unpaired) electrons. The number of piperidine rings is 1. The number of rotatable bonds is 2. The van der Waals surface area contributed by atoms with Crippen molar-refractivity contribution in [2.75, 3.05) is 6.54 Å². The number of allylic oxidation sites excluding steroid dienone is 2. The Balaban J connectivity index is 2.67. The molecule has 0 spiro atoms. The summed E-state index contributed by atoms with van der Waals surface area (Å²) in [4.78, 5) is 2.56. The zero-order valence-corrected chi connectivity index (χ0v) is 9.51. The van der Waals surface area contributed by atoms with E-state index in [9.17, 15) is 0 Å². The van der Waals surface area contributed by atoms with Gasteiger partial charge in [0.05, 0.1) is 0 Å². The van der Waals surface area contributed by atoms with E-state index >= 15 is 0 Å². The molecule has 0 bridgehead atoms. The molecule has 13 heavy (non-hydrogen) atoms. The lowest BCUT2D eigenvalue weighted by atomic mass is 10.0. The van der Waals surface area contributed by atoms with E-state index in [2.05, 4.69) is 38.7 Å². The van der Waals surface area contributed by atoms with Gasteiger partial charge in [-0.05, 0) is 39.0 Å². The third-order valence-electron chi connectivity index (χ3n) is 2.60. The SMILES string of the molecule is CC(C)/C=C1/CCCCN1C(C)C. The summed E-state index contributed by atoms with van der Waals surface area (Å²) in [5, 5.41) is 0. The summed E-state index contributed by atoms with van der Waals surface area (Å²) in [6.45, 7) is 10.4. The van der Waals surface area contributed by atoms with E-state index < -0.39 is 0 Å². The van der Waals surface area contributed by atoms with Gasteiger partial charge >= 0.3 is 0 Å². The van der Waals surface area contributed by atoms with Crippen LogP contribution >= 0.6 is 0 Å². The van der Waals surface area contributed by atoms with Crippen LogP contribution in [0.5, 0.6) is 0 Å². The van der Waals surface area contributed by atoms with Gasteiger partial charge in [0.2, 0.25) is 0 Å². The molecule has 1 heterocycles. The highest BCUT2D eigenvalue weighted by Gasteiger charge is 2.17. The quantitative estimate of drug-likeness (QED) is 0.631. The summed E-state index contributed by atoms with van der Waals surface area (Å²) < 4.78 is 0. The molecular formula is C12H23N. The molecule has 0 aromatic heterocycles. The molecule has 1 fully saturated rings. The Kier molecular flexibility index (Phi) is 3.83. The van der Waals surface area contributed by atoms with Gasteiger partial charge in [0.1, 0.15) is 0 Å². The summed E-state index contributed by atoms with van der Waals surface area (Å²) in [5.74, 6) is 0.689. The van der Waals surface area contributed by atoms with Crippen molar-refractivity contribution < 1.29 is 0 Å². The molecule has 1 saturated heterocycles. The van der Waals surface area contributed by atoms with Gasteiger partial charge in [-0.3, -0.25) is 0 Å². The second-order valence-electron chi connectivity index (χ2n) is 4.65. The van der Waals surface area contributed by atoms with Crippen molar-refractivity contribution >= 4 is 0 Å². The first-order valence-electron chi connectivity index (χ1n) is 5.58. The van der Waals surface area contributed by atoms with Crippen LogP contribution < -0.4 is 0 Å². The third-order valence-corrected chi connectivity index (χ3v) is 2.60. The molecule has 1 nitrogen and oxygen atoms in total. The molecule has 1 aliphatic heterocycles. The Hall–Kier alpha value is -0.460. The van der Waals surface area contributed by atoms with E-state index in [1.165, 1.54) is 25.8 Å². The monoisotopic (exact) mass is 181 g/mol. The standard InChI is InChI=1S/C12H23N/c1-10(2)9-12-7-5-6-8-13(12)11(3)4/h9-11H,5-8H2,1-4H3/b12-9-. The van der Waals surface area contributed by atoms with Crippen LogP contribution in [0.3, 0.4) is 0 Å². The first-order chi connectivity index (χ1) is 6.11. The van der Waals surface area contributed by atoms with Crippen molar-refractivity contribution in [3.05, 3.63) is 11.8 Å². The summed E-state index contributed by atoms with van der Waals surface area (Å²) >= 11 is 0. The number of likely N-dealkylation sites (tertiary alicyclic amines) is 1. The van der Waals surface area contributed by atoms with E-state index in [4.69, 9.17) is 0 Å². The van der Waals surface area contributed by atoms with Gasteiger partial charge < -0.3 is 4.90 Å². The van der Waals surface area contributed by atoms with Gasteiger partial charge in [0, 0.05) is 18.3 Å². The molecule has 0 amide bonds. The predicted octanol–water partition coefficient (Wildman–Crippen LogP) is 3.42. The Morgan fingerprint density at radius 3 is 2.38 bits per heavy atom. The Bertz CT molecular complexity index is 180. The van der Waals surface area contributed by atoms with Gasteiger partial charge in [0.25, 0.3) is 0 Å².